The van der Waals surface area contributed by atoms with Gasteiger partial charge in [0.15, 0.2) is 0 Å². The third-order valence-electron chi connectivity index (χ3n) is 13.9. The average Bonchev–Trinajstić information content (AvgIpc) is 3.58. The molecule has 0 aliphatic heterocycles. The van der Waals surface area contributed by atoms with Gasteiger partial charge >= 0.3 is 11.9 Å². The molecule has 31 nitrogen and oxygen atoms in total. The molecule has 0 radical (unpaired) electrons. The highest BCUT2D eigenvalue weighted by molar-refractivity contribution is 6.00. The first-order valence-electron chi connectivity index (χ1n) is 28.7. The minimum absolute atomic E-state index is 0.0161. The lowest BCUT2D eigenvalue weighted by molar-refractivity contribution is -0.142. The topological polar surface area (TPSA) is 533 Å². The van der Waals surface area contributed by atoms with Crippen molar-refractivity contribution in [3.63, 3.8) is 0 Å². The van der Waals surface area contributed by atoms with Crippen LogP contribution in [0.4, 0.5) is 0 Å². The van der Waals surface area contributed by atoms with Crippen LogP contribution in [-0.2, 0) is 70.4 Å². The van der Waals surface area contributed by atoms with E-state index in [1.807, 2.05) is 0 Å². The Hall–Kier alpha value is -8.52. The molecule has 0 spiro atoms. The van der Waals surface area contributed by atoms with E-state index in [0.717, 1.165) is 20.8 Å². The molecule has 0 fully saturated rings. The molecule has 0 unspecified atom stereocenters. The lowest BCUT2D eigenvalue weighted by Crippen LogP contribution is -2.64. The first-order chi connectivity index (χ1) is 41.2. The van der Waals surface area contributed by atoms with Gasteiger partial charge in [0.2, 0.25) is 59.1 Å². The summed E-state index contributed by atoms with van der Waals surface area (Å²) in [6.07, 6.45) is -6.65. The second kappa shape index (κ2) is 37.2. The molecular weight excluding hydrogens is 1160 g/mol. The van der Waals surface area contributed by atoms with E-state index in [1.165, 1.54) is 48.5 Å². The molecule has 0 heterocycles. The molecule has 31 heteroatoms. The van der Waals surface area contributed by atoms with Crippen LogP contribution in [0.3, 0.4) is 0 Å². The van der Waals surface area contributed by atoms with Crippen molar-refractivity contribution in [1.82, 2.24) is 47.9 Å². The Balaban J connectivity index is 2.44. The van der Waals surface area contributed by atoms with E-state index in [0.29, 0.717) is 24.0 Å². The van der Waals surface area contributed by atoms with Crippen LogP contribution in [0, 0.1) is 11.8 Å². The minimum Gasteiger partial charge on any atom is -0.508 e. The smallest absolute Gasteiger partial charge is 0.326 e. The van der Waals surface area contributed by atoms with Crippen LogP contribution < -0.4 is 65.1 Å². The monoisotopic (exact) mass is 1240 g/mol. The summed E-state index contributed by atoms with van der Waals surface area (Å²) in [5, 5.41) is 92.3. The van der Waals surface area contributed by atoms with Gasteiger partial charge in [0.05, 0.1) is 30.8 Å². The Bertz CT molecular complexity index is 2700. The number of rotatable bonds is 39. The lowest BCUT2D eigenvalue weighted by Gasteiger charge is -2.30. The first-order valence-corrected chi connectivity index (χ1v) is 28.7. The summed E-state index contributed by atoms with van der Waals surface area (Å²) in [6, 6.07) is -5.59. The molecule has 2 rings (SSSR count). The molecule has 490 valence electrons. The maximum atomic E-state index is 14.3. The van der Waals surface area contributed by atoms with Crippen LogP contribution in [0.25, 0.3) is 0 Å². The number of phenolic OH excluding ortho intramolecular Hbond substituents is 2. The third-order valence-corrected chi connectivity index (χ3v) is 13.9. The van der Waals surface area contributed by atoms with Gasteiger partial charge < -0.3 is 101 Å². The zero-order valence-corrected chi connectivity index (χ0v) is 50.3. The number of aromatic hydroxyl groups is 2. The predicted molar refractivity (Wildman–Crippen MR) is 314 cm³/mol. The van der Waals surface area contributed by atoms with Crippen LogP contribution in [0.15, 0.2) is 48.5 Å². The first kappa shape index (κ1) is 75.6. The van der Waals surface area contributed by atoms with Gasteiger partial charge in [-0.3, -0.25) is 52.7 Å². The molecule has 14 atom stereocenters. The van der Waals surface area contributed by atoms with Crippen molar-refractivity contribution in [3.05, 3.63) is 59.7 Å². The van der Waals surface area contributed by atoms with Gasteiger partial charge in [-0.1, -0.05) is 58.4 Å². The van der Waals surface area contributed by atoms with E-state index in [4.69, 9.17) is 22.3 Å². The quantitative estimate of drug-likeness (QED) is 0.0282. The Morgan fingerprint density at radius 1 is 0.466 bits per heavy atom. The Morgan fingerprint density at radius 2 is 0.841 bits per heavy atom. The number of phenols is 2. The fourth-order valence-corrected chi connectivity index (χ4v) is 8.69. The van der Waals surface area contributed by atoms with Crippen LogP contribution in [-0.4, -0.2) is 192 Å². The van der Waals surface area contributed by atoms with Crippen molar-refractivity contribution >= 4 is 71.0 Å². The van der Waals surface area contributed by atoms with Gasteiger partial charge in [0.1, 0.15) is 65.9 Å². The number of carboxylic acids is 2. The van der Waals surface area contributed by atoms with E-state index in [2.05, 4.69) is 47.9 Å². The fourth-order valence-electron chi connectivity index (χ4n) is 8.69. The molecular formula is C57H88N12O19. The van der Waals surface area contributed by atoms with Crippen molar-refractivity contribution < 1.29 is 93.3 Å². The van der Waals surface area contributed by atoms with Crippen molar-refractivity contribution in [3.8, 4) is 11.5 Å². The zero-order valence-electron chi connectivity index (χ0n) is 50.3. The van der Waals surface area contributed by atoms with Gasteiger partial charge in [0.25, 0.3) is 0 Å². The average molecular weight is 1250 g/mol. The highest BCUT2D eigenvalue weighted by atomic mass is 16.4. The molecule has 2 aromatic rings. The molecule has 2 aromatic carbocycles. The molecule has 22 N–H and O–H groups in total. The van der Waals surface area contributed by atoms with Gasteiger partial charge in [-0.25, -0.2) is 4.79 Å². The zero-order chi connectivity index (χ0) is 66.7. The second-order valence-corrected chi connectivity index (χ2v) is 22.1. The number of hydrogen-bond donors (Lipinski definition) is 19. The number of aliphatic hydroxyl groups is 3. The summed E-state index contributed by atoms with van der Waals surface area (Å²) in [4.78, 5) is 161. The lowest BCUT2D eigenvalue weighted by atomic mass is 9.96. The minimum atomic E-state index is -2.02. The number of benzene rings is 2. The summed E-state index contributed by atoms with van der Waals surface area (Å²) in [6.45, 7) is 10.1. The molecule has 0 aliphatic carbocycles. The summed E-state index contributed by atoms with van der Waals surface area (Å²) < 4.78 is 0. The van der Waals surface area contributed by atoms with Crippen molar-refractivity contribution in [2.24, 2.45) is 29.0 Å². The van der Waals surface area contributed by atoms with Gasteiger partial charge in [-0.15, -0.1) is 0 Å². The Kier molecular flexibility index (Phi) is 32.0. The van der Waals surface area contributed by atoms with Crippen LogP contribution in [0.2, 0.25) is 0 Å². The number of aliphatic hydroxyl groups excluding tert-OH is 3. The predicted octanol–water partition coefficient (Wildman–Crippen LogP) is -4.24. The number of carboxylic acid groups (broad SMARTS) is 2. The van der Waals surface area contributed by atoms with Crippen LogP contribution in [0.5, 0.6) is 11.5 Å². The number of carbonyl (C=O) groups excluding carboxylic acids is 10. The SMILES string of the molecule is CC[C@H](C)[C@H](NC(=O)[C@@H](NC(=O)[C@@H](N)CCC(=O)O)[C@@H](C)O)C(=O)N[C@@H](Cc1ccc(O)cc1)C(=O)N[C@@H](CC(N)=O)C(=O)N[C@H](C(=O)N[C@H](C(=O)N[C@@H](CC(C)C)C(=O)N[C@@H](CCCCN)C(=O)N[C@@H](Cc1ccc(O)cc1)C(=O)O)[C@@H](C)O)[C@@H](C)O. The van der Waals surface area contributed by atoms with E-state index >= 15 is 0 Å². The third kappa shape index (κ3) is 26.2. The van der Waals surface area contributed by atoms with Crippen molar-refractivity contribution in [1.29, 1.82) is 0 Å². The molecule has 0 aromatic heterocycles. The van der Waals surface area contributed by atoms with Gasteiger partial charge in [0, 0.05) is 19.3 Å². The molecule has 0 bridgehead atoms. The number of unbranched alkanes of at least 4 members (excludes halogenated alkanes) is 1. The number of primary amides is 1. The van der Waals surface area contributed by atoms with Crippen LogP contribution >= 0.6 is 0 Å². The van der Waals surface area contributed by atoms with Crippen LogP contribution in [0.1, 0.15) is 111 Å². The number of hydrogen-bond acceptors (Lipinski definition) is 19. The van der Waals surface area contributed by atoms with E-state index < -0.39 is 169 Å². The number of aliphatic carboxylic acids is 2. The summed E-state index contributed by atoms with van der Waals surface area (Å²) in [7, 11) is 0. The second-order valence-electron chi connectivity index (χ2n) is 22.1. The highest BCUT2D eigenvalue weighted by Gasteiger charge is 2.39. The Labute approximate surface area is 508 Å². The standard InChI is InChI=1S/C57H88N12O19/c1-8-28(4)44(66-55(85)46(30(6)71)67-48(78)36(59)20-21-43(76)77)53(83)64-39(24-32-12-16-34(73)17-13-32)51(81)62-40(26-42(60)75)52(82)68-47(31(7)72)56(86)69-45(29(5)70)54(84)63-38(23-27(2)3)50(80)61-37(11-9-10-22-58)49(79)65-41(57(87)88)25-33-14-18-35(74)19-15-33/h12-19,27-31,36-41,44-47,70-74H,8-11,20-26,58-59H2,1-7H3,(H2,60,75)(H,61,80)(H,62,81)(H,63,84)(H,64,83)(H,65,79)(H,66,85)(H,67,78)(H,68,82)(H,69,86)(H,76,77)(H,87,88)/t28-,29+,30+,31+,36-,37-,38-,39-,40-,41-,44-,45-,46-,47-/m0/s1. The maximum Gasteiger partial charge on any atom is 0.326 e. The number of amides is 10. The summed E-state index contributed by atoms with van der Waals surface area (Å²) in [5.41, 5.74) is 17.7. The summed E-state index contributed by atoms with van der Waals surface area (Å²) in [5.74, 6) is -14.9. The maximum absolute atomic E-state index is 14.3. The largest absolute Gasteiger partial charge is 0.508 e. The number of carbonyl (C=O) groups is 12. The molecule has 0 saturated heterocycles. The van der Waals surface area contributed by atoms with E-state index in [-0.39, 0.29) is 62.5 Å². The molecule has 88 heavy (non-hydrogen) atoms. The highest BCUT2D eigenvalue weighted by Crippen LogP contribution is 2.17. The number of nitrogens with one attached hydrogen (secondary N) is 9. The normalized spacial score (nSPS) is 16.0. The van der Waals surface area contributed by atoms with E-state index in [9.17, 15) is 88.2 Å². The number of nitrogens with two attached hydrogens (primary N) is 3. The molecule has 10 amide bonds. The molecule has 0 saturated carbocycles. The fraction of sp³-hybridized carbons (Fsp3) is 0.579. The van der Waals surface area contributed by atoms with E-state index in [1.54, 1.807) is 27.7 Å². The van der Waals surface area contributed by atoms with Gasteiger partial charge in [-0.05, 0) is 107 Å². The summed E-state index contributed by atoms with van der Waals surface area (Å²) >= 11 is 0. The van der Waals surface area contributed by atoms with Crippen molar-refractivity contribution in [2.75, 3.05) is 6.54 Å². The van der Waals surface area contributed by atoms with Gasteiger partial charge in [-0.2, -0.15) is 0 Å². The molecule has 0 aliphatic rings. The van der Waals surface area contributed by atoms with Crippen molar-refractivity contribution in [2.45, 2.75) is 191 Å². The Morgan fingerprint density at radius 3 is 1.28 bits per heavy atom.